The van der Waals surface area contributed by atoms with E-state index in [1.165, 1.54) is 6.07 Å². The maximum absolute atomic E-state index is 15.2. The molecule has 2 aliphatic rings. The van der Waals surface area contributed by atoms with Crippen LogP contribution < -0.4 is 15.0 Å². The van der Waals surface area contributed by atoms with Crippen molar-refractivity contribution in [3.63, 3.8) is 0 Å². The Hall–Kier alpha value is -3.61. The minimum Gasteiger partial charge on any atom is -0.444 e. The van der Waals surface area contributed by atoms with E-state index in [0.717, 1.165) is 31.3 Å². The third-order valence-electron chi connectivity index (χ3n) is 6.45. The number of amides is 1. The molecule has 0 unspecified atom stereocenters. The van der Waals surface area contributed by atoms with Gasteiger partial charge in [0.2, 0.25) is 0 Å². The van der Waals surface area contributed by atoms with Gasteiger partial charge in [0.25, 0.3) is 0 Å². The van der Waals surface area contributed by atoms with Gasteiger partial charge < -0.3 is 19.7 Å². The Labute approximate surface area is 226 Å². The summed E-state index contributed by atoms with van der Waals surface area (Å²) in [5, 5.41) is 2.09. The molecule has 1 aliphatic carbocycles. The molecule has 5 rings (SSSR count). The molecule has 1 aromatic carbocycles. The highest BCUT2D eigenvalue weighted by Gasteiger charge is 2.54. The molecule has 1 aliphatic heterocycles. The van der Waals surface area contributed by atoms with E-state index in [9.17, 15) is 18.0 Å². The lowest BCUT2D eigenvalue weighted by Gasteiger charge is -2.42. The summed E-state index contributed by atoms with van der Waals surface area (Å²) >= 11 is 5.86. The second kappa shape index (κ2) is 9.85. The molecule has 3 aromatic rings. The van der Waals surface area contributed by atoms with Crippen LogP contribution in [0.1, 0.15) is 33.6 Å². The van der Waals surface area contributed by atoms with E-state index in [0.29, 0.717) is 19.6 Å². The number of ether oxygens (including phenoxy) is 2. The molecule has 1 amide bonds. The van der Waals surface area contributed by atoms with Crippen LogP contribution in [0.2, 0.25) is 5.02 Å². The first-order valence-corrected chi connectivity index (χ1v) is 12.5. The number of nitrogens with one attached hydrogen (secondary N) is 1. The van der Waals surface area contributed by atoms with Crippen LogP contribution in [-0.2, 0) is 4.74 Å². The number of alkyl halides is 2. The molecule has 2 fully saturated rings. The van der Waals surface area contributed by atoms with E-state index in [1.807, 2.05) is 0 Å². The van der Waals surface area contributed by atoms with Crippen molar-refractivity contribution in [1.82, 2.24) is 19.9 Å². The lowest BCUT2D eigenvalue weighted by molar-refractivity contribution is -0.0499. The number of halogens is 5. The summed E-state index contributed by atoms with van der Waals surface area (Å²) in [5.74, 6) is -2.10. The first-order valence-electron chi connectivity index (χ1n) is 12.1. The molecule has 2 aromatic heterocycles. The fourth-order valence-electron chi connectivity index (χ4n) is 4.54. The second-order valence-electron chi connectivity index (χ2n) is 10.4. The number of hydrogen-bond acceptors (Lipinski definition) is 8. The number of aromatic nitrogens is 3. The number of benzene rings is 1. The van der Waals surface area contributed by atoms with Crippen molar-refractivity contribution < 1.29 is 31.8 Å². The van der Waals surface area contributed by atoms with Gasteiger partial charge in [0.1, 0.15) is 28.2 Å². The molecule has 0 atom stereocenters. The van der Waals surface area contributed by atoms with Crippen molar-refractivity contribution in [3.05, 3.63) is 41.2 Å². The van der Waals surface area contributed by atoms with Crippen molar-refractivity contribution in [2.24, 2.45) is 0 Å². The van der Waals surface area contributed by atoms with Gasteiger partial charge in [-0.1, -0.05) is 11.6 Å². The van der Waals surface area contributed by atoms with Crippen molar-refractivity contribution in [2.45, 2.75) is 51.4 Å². The topological polar surface area (TPSA) is 92.7 Å². The largest absolute Gasteiger partial charge is 0.444 e. The van der Waals surface area contributed by atoms with Gasteiger partial charge in [-0.3, -0.25) is 4.90 Å². The first-order chi connectivity index (χ1) is 18.4. The molecule has 9 nitrogen and oxygen atoms in total. The van der Waals surface area contributed by atoms with Crippen LogP contribution in [0.4, 0.5) is 39.7 Å². The number of carbonyl (C=O) groups excluding carboxylic acids is 1. The number of piperazine rings is 1. The van der Waals surface area contributed by atoms with Crippen LogP contribution in [-0.4, -0.2) is 63.3 Å². The summed E-state index contributed by atoms with van der Waals surface area (Å²) in [7, 11) is 0. The summed E-state index contributed by atoms with van der Waals surface area (Å²) in [4.78, 5) is 28.9. The van der Waals surface area contributed by atoms with Crippen molar-refractivity contribution in [3.8, 4) is 5.75 Å². The van der Waals surface area contributed by atoms with E-state index < -0.39 is 46.3 Å². The van der Waals surface area contributed by atoms with Crippen LogP contribution >= 0.6 is 11.6 Å². The summed E-state index contributed by atoms with van der Waals surface area (Å²) in [5.41, 5.74) is -0.986. The Balaban J connectivity index is 1.43. The lowest BCUT2D eigenvalue weighted by atomic mass is 10.1. The number of pyridine rings is 1. The monoisotopic (exact) mass is 568 g/mol. The Kier molecular flexibility index (Phi) is 6.81. The van der Waals surface area contributed by atoms with E-state index in [1.54, 1.807) is 30.6 Å². The van der Waals surface area contributed by atoms with Crippen LogP contribution in [0, 0.1) is 11.6 Å². The van der Waals surface area contributed by atoms with E-state index in [-0.39, 0.29) is 28.4 Å². The zero-order valence-electron chi connectivity index (χ0n) is 21.3. The average Bonchev–Trinajstić information content (AvgIpc) is 3.61. The molecule has 3 heterocycles. The predicted octanol–water partition coefficient (Wildman–Crippen LogP) is 5.89. The Morgan fingerprint density at radius 3 is 2.59 bits per heavy atom. The summed E-state index contributed by atoms with van der Waals surface area (Å²) in [6.45, 7) is 3.21. The fourth-order valence-corrected chi connectivity index (χ4v) is 4.75. The number of fused-ring (bicyclic) bond motifs is 1. The molecule has 0 radical (unpaired) electrons. The zero-order valence-corrected chi connectivity index (χ0v) is 22.0. The molecular formula is C25H25ClF4N6O3. The van der Waals surface area contributed by atoms with Gasteiger partial charge in [0.15, 0.2) is 23.3 Å². The SMILES string of the molecule is CC(C)(C)OC(=O)N1CCN(c2nc3c(Nc4ccc(OC(F)F)c(Cl)c4F)ncnc3cc2F)CC12CC2. The minimum atomic E-state index is -3.18. The molecule has 1 saturated carbocycles. The highest BCUT2D eigenvalue weighted by atomic mass is 35.5. The molecule has 14 heteroatoms. The molecule has 39 heavy (non-hydrogen) atoms. The molecule has 1 N–H and O–H groups in total. The number of hydrogen-bond donors (Lipinski definition) is 1. The lowest BCUT2D eigenvalue weighted by Crippen LogP contribution is -2.58. The fraction of sp³-hybridized carbons (Fsp3) is 0.440. The maximum atomic E-state index is 15.2. The summed E-state index contributed by atoms with van der Waals surface area (Å²) in [6, 6.07) is 3.44. The van der Waals surface area contributed by atoms with Gasteiger partial charge in [0, 0.05) is 25.7 Å². The quantitative estimate of drug-likeness (QED) is 0.381. The van der Waals surface area contributed by atoms with Gasteiger partial charge >= 0.3 is 12.7 Å². The summed E-state index contributed by atoms with van der Waals surface area (Å²) in [6.07, 6.45) is 2.24. The molecule has 0 bridgehead atoms. The molecule has 1 spiro atoms. The van der Waals surface area contributed by atoms with E-state index in [2.05, 4.69) is 25.0 Å². The van der Waals surface area contributed by atoms with Gasteiger partial charge in [-0.15, -0.1) is 0 Å². The highest BCUT2D eigenvalue weighted by Crippen LogP contribution is 2.46. The minimum absolute atomic E-state index is 0.0367. The Morgan fingerprint density at radius 2 is 1.92 bits per heavy atom. The number of carbonyl (C=O) groups is 1. The summed E-state index contributed by atoms with van der Waals surface area (Å²) < 4.78 is 65.0. The zero-order chi connectivity index (χ0) is 28.1. The number of anilines is 3. The van der Waals surface area contributed by atoms with Crippen LogP contribution in [0.5, 0.6) is 5.75 Å². The smallest absolute Gasteiger partial charge is 0.410 e. The normalized spacial score (nSPS) is 16.6. The number of rotatable bonds is 5. The standard InChI is InChI=1S/C25H25ClF4N6O3/c1-24(2,3)39-23(37)36-9-8-35(11-25(36)6-7-25)21-13(27)10-15-19(34-21)20(32-12-31-15)33-14-4-5-16(38-22(29)30)17(26)18(14)28/h4-5,10,12,22H,6-9,11H2,1-3H3,(H,31,32,33). The molecule has 1 saturated heterocycles. The first kappa shape index (κ1) is 27.0. The third-order valence-corrected chi connectivity index (χ3v) is 6.81. The molecular weight excluding hydrogens is 544 g/mol. The Bertz CT molecular complexity index is 1430. The van der Waals surface area contributed by atoms with Crippen LogP contribution in [0.3, 0.4) is 0 Å². The van der Waals surface area contributed by atoms with Gasteiger partial charge in [-0.25, -0.2) is 28.5 Å². The van der Waals surface area contributed by atoms with Crippen molar-refractivity contribution >= 4 is 46.1 Å². The van der Waals surface area contributed by atoms with Gasteiger partial charge in [0.05, 0.1) is 16.7 Å². The maximum Gasteiger partial charge on any atom is 0.410 e. The third kappa shape index (κ3) is 5.45. The average molecular weight is 569 g/mol. The van der Waals surface area contributed by atoms with Crippen LogP contribution in [0.25, 0.3) is 11.0 Å². The van der Waals surface area contributed by atoms with Gasteiger partial charge in [-0.05, 0) is 45.7 Å². The second-order valence-corrected chi connectivity index (χ2v) is 10.8. The predicted molar refractivity (Wildman–Crippen MR) is 136 cm³/mol. The Morgan fingerprint density at radius 1 is 1.18 bits per heavy atom. The number of nitrogens with zero attached hydrogens (tertiary/aromatic N) is 5. The highest BCUT2D eigenvalue weighted by molar-refractivity contribution is 6.32. The molecule has 208 valence electrons. The van der Waals surface area contributed by atoms with E-state index in [4.69, 9.17) is 16.3 Å². The van der Waals surface area contributed by atoms with Crippen LogP contribution in [0.15, 0.2) is 24.5 Å². The van der Waals surface area contributed by atoms with Gasteiger partial charge in [-0.2, -0.15) is 8.78 Å². The van der Waals surface area contributed by atoms with Crippen molar-refractivity contribution in [2.75, 3.05) is 29.9 Å². The van der Waals surface area contributed by atoms with E-state index >= 15 is 4.39 Å². The van der Waals surface area contributed by atoms with Crippen molar-refractivity contribution in [1.29, 1.82) is 0 Å².